The van der Waals surface area contributed by atoms with Gasteiger partial charge in [-0.2, -0.15) is 5.26 Å². The molecule has 0 saturated heterocycles. The summed E-state index contributed by atoms with van der Waals surface area (Å²) in [5.41, 5.74) is 0. The Hall–Kier alpha value is -0.510. The van der Waals surface area contributed by atoms with Gasteiger partial charge in [-0.15, -0.1) is 0 Å². The summed E-state index contributed by atoms with van der Waals surface area (Å²) in [6.45, 7) is 4.53. The van der Waals surface area contributed by atoms with Gasteiger partial charge in [-0.3, -0.25) is 0 Å². The van der Waals surface area contributed by atoms with Crippen LogP contribution < -0.4 is 0 Å². The molecule has 3 unspecified atom stereocenters. The molecule has 0 aromatic heterocycles. The molecule has 1 saturated carbocycles. The molecule has 0 N–H and O–H groups in total. The smallest absolute Gasteiger partial charge is 0.0658 e. The predicted molar refractivity (Wildman–Crippen MR) is 59.8 cm³/mol. The molecule has 1 aliphatic rings. The van der Waals surface area contributed by atoms with Gasteiger partial charge in [-0.1, -0.05) is 46.0 Å². The summed E-state index contributed by atoms with van der Waals surface area (Å²) >= 11 is 0. The van der Waals surface area contributed by atoms with E-state index < -0.39 is 0 Å². The lowest BCUT2D eigenvalue weighted by Gasteiger charge is -2.14. The van der Waals surface area contributed by atoms with Crippen LogP contribution in [-0.4, -0.2) is 0 Å². The molecule has 0 amide bonds. The lowest BCUT2D eigenvalue weighted by atomic mass is 9.91. The summed E-state index contributed by atoms with van der Waals surface area (Å²) in [7, 11) is 0. The Morgan fingerprint density at radius 2 is 2.07 bits per heavy atom. The predicted octanol–water partition coefficient (Wildman–Crippen LogP) is 4.14. The zero-order chi connectivity index (χ0) is 10.4. The van der Waals surface area contributed by atoms with Gasteiger partial charge in [-0.25, -0.2) is 0 Å². The zero-order valence-electron chi connectivity index (χ0n) is 9.63. The molecule has 1 rings (SSSR count). The van der Waals surface area contributed by atoms with Crippen molar-refractivity contribution in [3.8, 4) is 6.07 Å². The Labute approximate surface area is 88.5 Å². The lowest BCUT2D eigenvalue weighted by Crippen LogP contribution is -2.02. The highest BCUT2D eigenvalue weighted by Gasteiger charge is 2.38. The van der Waals surface area contributed by atoms with E-state index in [-0.39, 0.29) is 0 Å². The van der Waals surface area contributed by atoms with Gasteiger partial charge in [0.25, 0.3) is 0 Å². The van der Waals surface area contributed by atoms with Crippen molar-refractivity contribution in [1.29, 1.82) is 5.26 Å². The minimum Gasteiger partial charge on any atom is -0.198 e. The standard InChI is InChI=1S/C13H23N/c1-3-5-7-11(6-4-2)8-12-9-13(12)10-14/h11-13H,3-9H2,1-2H3. The number of rotatable bonds is 7. The van der Waals surface area contributed by atoms with Gasteiger partial charge < -0.3 is 0 Å². The van der Waals surface area contributed by atoms with Gasteiger partial charge in [-0.05, 0) is 24.7 Å². The maximum Gasteiger partial charge on any atom is 0.0658 e. The van der Waals surface area contributed by atoms with E-state index in [1.807, 2.05) is 0 Å². The normalized spacial score (nSPS) is 26.9. The topological polar surface area (TPSA) is 23.8 Å². The Bertz CT molecular complexity index is 192. The van der Waals surface area contributed by atoms with E-state index in [0.717, 1.165) is 11.8 Å². The summed E-state index contributed by atoms with van der Waals surface area (Å²) in [6.07, 6.45) is 9.25. The molecule has 3 atom stereocenters. The Morgan fingerprint density at radius 1 is 1.29 bits per heavy atom. The van der Waals surface area contributed by atoms with E-state index in [0.29, 0.717) is 5.92 Å². The van der Waals surface area contributed by atoms with Crippen LogP contribution >= 0.6 is 0 Å². The second kappa shape index (κ2) is 6.06. The molecule has 1 heteroatoms. The third kappa shape index (κ3) is 3.70. The van der Waals surface area contributed by atoms with Gasteiger partial charge >= 0.3 is 0 Å². The molecule has 0 radical (unpaired) electrons. The van der Waals surface area contributed by atoms with Crippen molar-refractivity contribution in [1.82, 2.24) is 0 Å². The average Bonchev–Trinajstić information content (AvgIpc) is 2.93. The van der Waals surface area contributed by atoms with Gasteiger partial charge in [0.15, 0.2) is 0 Å². The molecule has 14 heavy (non-hydrogen) atoms. The largest absolute Gasteiger partial charge is 0.198 e. The molecule has 1 fully saturated rings. The van der Waals surface area contributed by atoms with Crippen LogP contribution in [0.15, 0.2) is 0 Å². The van der Waals surface area contributed by atoms with Gasteiger partial charge in [0.1, 0.15) is 0 Å². The van der Waals surface area contributed by atoms with Gasteiger partial charge in [0.2, 0.25) is 0 Å². The fraction of sp³-hybridized carbons (Fsp3) is 0.923. The van der Waals surface area contributed by atoms with Crippen LogP contribution in [0.2, 0.25) is 0 Å². The number of nitrogens with zero attached hydrogens (tertiary/aromatic N) is 1. The summed E-state index contributed by atoms with van der Waals surface area (Å²) in [6, 6.07) is 2.39. The third-order valence-corrected chi connectivity index (χ3v) is 3.39. The van der Waals surface area contributed by atoms with E-state index in [9.17, 15) is 0 Å². The van der Waals surface area contributed by atoms with Crippen molar-refractivity contribution in [2.75, 3.05) is 0 Å². The molecule has 1 nitrogen and oxygen atoms in total. The fourth-order valence-electron chi connectivity index (χ4n) is 2.38. The highest BCUT2D eigenvalue weighted by Crippen LogP contribution is 2.44. The quantitative estimate of drug-likeness (QED) is 0.596. The molecule has 0 aromatic carbocycles. The fourth-order valence-corrected chi connectivity index (χ4v) is 2.38. The minimum atomic E-state index is 0.413. The lowest BCUT2D eigenvalue weighted by molar-refractivity contribution is 0.378. The molecule has 80 valence electrons. The molecule has 0 spiro atoms. The zero-order valence-corrected chi connectivity index (χ0v) is 9.63. The van der Waals surface area contributed by atoms with E-state index in [4.69, 9.17) is 5.26 Å². The summed E-state index contributed by atoms with van der Waals surface area (Å²) in [4.78, 5) is 0. The molecule has 0 aliphatic heterocycles. The van der Waals surface area contributed by atoms with Crippen molar-refractivity contribution in [2.24, 2.45) is 17.8 Å². The maximum atomic E-state index is 8.75. The van der Waals surface area contributed by atoms with Crippen LogP contribution in [-0.2, 0) is 0 Å². The molecular weight excluding hydrogens is 170 g/mol. The number of unbranched alkanes of at least 4 members (excludes halogenated alkanes) is 1. The highest BCUT2D eigenvalue weighted by molar-refractivity contribution is 5.01. The monoisotopic (exact) mass is 193 g/mol. The van der Waals surface area contributed by atoms with Gasteiger partial charge in [0, 0.05) is 5.92 Å². The van der Waals surface area contributed by atoms with Gasteiger partial charge in [0.05, 0.1) is 6.07 Å². The van der Waals surface area contributed by atoms with Crippen LogP contribution in [0, 0.1) is 29.1 Å². The first kappa shape index (κ1) is 11.6. The van der Waals surface area contributed by atoms with Crippen LogP contribution in [0.4, 0.5) is 0 Å². The van der Waals surface area contributed by atoms with Crippen LogP contribution in [0.5, 0.6) is 0 Å². The van der Waals surface area contributed by atoms with Crippen LogP contribution in [0.3, 0.4) is 0 Å². The first-order valence-electron chi connectivity index (χ1n) is 6.21. The second-order valence-corrected chi connectivity index (χ2v) is 4.76. The first-order chi connectivity index (χ1) is 6.81. The highest BCUT2D eigenvalue weighted by atomic mass is 14.4. The van der Waals surface area contributed by atoms with Crippen molar-refractivity contribution >= 4 is 0 Å². The van der Waals surface area contributed by atoms with Crippen LogP contribution in [0.25, 0.3) is 0 Å². The van der Waals surface area contributed by atoms with E-state index >= 15 is 0 Å². The Morgan fingerprint density at radius 3 is 2.57 bits per heavy atom. The molecule has 0 aromatic rings. The van der Waals surface area contributed by atoms with Crippen molar-refractivity contribution < 1.29 is 0 Å². The number of hydrogen-bond donors (Lipinski definition) is 0. The van der Waals surface area contributed by atoms with Crippen molar-refractivity contribution in [2.45, 2.75) is 58.8 Å². The number of hydrogen-bond acceptors (Lipinski definition) is 1. The maximum absolute atomic E-state index is 8.75. The van der Waals surface area contributed by atoms with E-state index in [1.165, 1.54) is 44.9 Å². The Kier molecular flexibility index (Phi) is 5.01. The molecular formula is C13H23N. The SMILES string of the molecule is CCCCC(CCC)CC1CC1C#N. The summed E-state index contributed by atoms with van der Waals surface area (Å²) in [5.74, 6) is 2.08. The van der Waals surface area contributed by atoms with E-state index in [2.05, 4.69) is 19.9 Å². The molecule has 1 aliphatic carbocycles. The summed E-state index contributed by atoms with van der Waals surface area (Å²) < 4.78 is 0. The van der Waals surface area contributed by atoms with E-state index in [1.54, 1.807) is 0 Å². The van der Waals surface area contributed by atoms with Crippen molar-refractivity contribution in [3.63, 3.8) is 0 Å². The minimum absolute atomic E-state index is 0.413. The summed E-state index contributed by atoms with van der Waals surface area (Å²) in [5, 5.41) is 8.75. The molecule has 0 heterocycles. The average molecular weight is 193 g/mol. The van der Waals surface area contributed by atoms with Crippen LogP contribution in [0.1, 0.15) is 58.8 Å². The second-order valence-electron chi connectivity index (χ2n) is 4.76. The third-order valence-electron chi connectivity index (χ3n) is 3.39. The Balaban J connectivity index is 2.19. The number of nitriles is 1. The van der Waals surface area contributed by atoms with Crippen molar-refractivity contribution in [3.05, 3.63) is 0 Å². The molecule has 0 bridgehead atoms. The first-order valence-corrected chi connectivity index (χ1v) is 6.21.